The molecule has 1 aromatic carbocycles. The molecule has 0 aliphatic carbocycles. The Morgan fingerprint density at radius 3 is 2.56 bits per heavy atom. The Labute approximate surface area is 247 Å². The Bertz CT molecular complexity index is 1460. The van der Waals surface area contributed by atoms with E-state index in [1.165, 1.54) is 9.87 Å². The van der Waals surface area contributed by atoms with Gasteiger partial charge in [0, 0.05) is 38.6 Å². The fraction of sp³-hybridized carbons (Fsp3) is 0.567. The summed E-state index contributed by atoms with van der Waals surface area (Å²) in [6.45, 7) is 8.75. The molecule has 2 aromatic heterocycles. The predicted octanol–water partition coefficient (Wildman–Crippen LogP) is 4.91. The first-order valence-electron chi connectivity index (χ1n) is 14.6. The molecule has 4 heterocycles. The van der Waals surface area contributed by atoms with Crippen LogP contribution in [0.15, 0.2) is 36.7 Å². The van der Waals surface area contributed by atoms with Crippen LogP contribution in [-0.2, 0) is 16.4 Å². The second-order valence-electron chi connectivity index (χ2n) is 11.8. The number of rotatable bonds is 11. The standard InChI is InChI=1S/C30H41N5O4S2/c1-4-5-23-19-31-28(32-20-23)34-13-8-22(9-14-34)21-39-29-33-26-7-6-25(18-27(26)40-29)24-10-15-35(16-11-24)41(37,38)17-12-30(2,3)36/h6-7,10,18-20,22,36H,4-5,8-9,11-17,21H2,1-3H3. The van der Waals surface area contributed by atoms with E-state index in [1.54, 1.807) is 25.2 Å². The topological polar surface area (TPSA) is 109 Å². The first kappa shape index (κ1) is 29.9. The summed E-state index contributed by atoms with van der Waals surface area (Å²) in [7, 11) is -3.39. The molecular formula is C30H41N5O4S2. The zero-order valence-electron chi connectivity index (χ0n) is 24.3. The van der Waals surface area contributed by atoms with E-state index in [1.807, 2.05) is 24.5 Å². The monoisotopic (exact) mass is 599 g/mol. The van der Waals surface area contributed by atoms with Gasteiger partial charge in [-0.25, -0.2) is 23.4 Å². The van der Waals surface area contributed by atoms with Gasteiger partial charge in [0.2, 0.25) is 16.0 Å². The Kier molecular flexibility index (Phi) is 9.27. The molecule has 0 amide bonds. The van der Waals surface area contributed by atoms with E-state index in [2.05, 4.69) is 33.9 Å². The first-order valence-corrected chi connectivity index (χ1v) is 17.0. The third-order valence-corrected chi connectivity index (χ3v) is 10.6. The van der Waals surface area contributed by atoms with Crippen molar-refractivity contribution in [3.8, 4) is 5.19 Å². The van der Waals surface area contributed by atoms with Gasteiger partial charge in [0.05, 0.1) is 28.2 Å². The largest absolute Gasteiger partial charge is 0.470 e. The Morgan fingerprint density at radius 2 is 1.90 bits per heavy atom. The highest BCUT2D eigenvalue weighted by Crippen LogP contribution is 2.33. The molecule has 0 bridgehead atoms. The van der Waals surface area contributed by atoms with Crippen LogP contribution >= 0.6 is 11.3 Å². The first-order chi connectivity index (χ1) is 19.6. The number of benzene rings is 1. The lowest BCUT2D eigenvalue weighted by atomic mass is 9.98. The molecule has 1 saturated heterocycles. The highest BCUT2D eigenvalue weighted by atomic mass is 32.2. The van der Waals surface area contributed by atoms with Gasteiger partial charge in [0.25, 0.3) is 5.19 Å². The van der Waals surface area contributed by atoms with Crippen LogP contribution in [0.2, 0.25) is 0 Å². The zero-order valence-corrected chi connectivity index (χ0v) is 25.9. The highest BCUT2D eigenvalue weighted by Gasteiger charge is 2.27. The molecule has 2 aliphatic rings. The maximum atomic E-state index is 12.7. The smallest absolute Gasteiger partial charge is 0.274 e. The maximum absolute atomic E-state index is 12.7. The normalized spacial score (nSPS) is 17.7. The van der Waals surface area contributed by atoms with E-state index in [0.717, 1.165) is 66.1 Å². The number of piperidine rings is 1. The van der Waals surface area contributed by atoms with Crippen molar-refractivity contribution in [3.05, 3.63) is 47.8 Å². The van der Waals surface area contributed by atoms with Crippen molar-refractivity contribution < 1.29 is 18.3 Å². The van der Waals surface area contributed by atoms with Gasteiger partial charge < -0.3 is 14.7 Å². The summed E-state index contributed by atoms with van der Waals surface area (Å²) in [5.41, 5.74) is 3.35. The third kappa shape index (κ3) is 7.82. The van der Waals surface area contributed by atoms with E-state index in [4.69, 9.17) is 9.72 Å². The molecule has 11 heteroatoms. The summed E-state index contributed by atoms with van der Waals surface area (Å²) in [5.74, 6) is 1.25. The van der Waals surface area contributed by atoms with Crippen molar-refractivity contribution in [3.63, 3.8) is 0 Å². The lowest BCUT2D eigenvalue weighted by Gasteiger charge is -2.31. The van der Waals surface area contributed by atoms with Gasteiger partial charge >= 0.3 is 0 Å². The van der Waals surface area contributed by atoms with Crippen LogP contribution in [-0.4, -0.2) is 76.9 Å². The predicted molar refractivity (Wildman–Crippen MR) is 165 cm³/mol. The highest BCUT2D eigenvalue weighted by molar-refractivity contribution is 7.89. The number of hydrogen-bond acceptors (Lipinski definition) is 9. The maximum Gasteiger partial charge on any atom is 0.274 e. The second-order valence-corrected chi connectivity index (χ2v) is 14.8. The van der Waals surface area contributed by atoms with Crippen LogP contribution in [0.5, 0.6) is 5.19 Å². The Balaban J connectivity index is 1.13. The molecule has 0 unspecified atom stereocenters. The Morgan fingerprint density at radius 1 is 1.15 bits per heavy atom. The van der Waals surface area contributed by atoms with Gasteiger partial charge in [-0.15, -0.1) is 0 Å². The van der Waals surface area contributed by atoms with Crippen molar-refractivity contribution in [1.29, 1.82) is 0 Å². The molecule has 3 aromatic rings. The summed E-state index contributed by atoms with van der Waals surface area (Å²) >= 11 is 1.56. The molecule has 0 spiro atoms. The lowest BCUT2D eigenvalue weighted by molar-refractivity contribution is 0.0769. The number of nitrogens with zero attached hydrogens (tertiary/aromatic N) is 5. The zero-order chi connectivity index (χ0) is 29.0. The summed E-state index contributed by atoms with van der Waals surface area (Å²) in [5, 5.41) is 10.6. The van der Waals surface area contributed by atoms with Crippen molar-refractivity contribution in [1.82, 2.24) is 19.3 Å². The number of ether oxygens (including phenoxy) is 1. The van der Waals surface area contributed by atoms with Crippen LogP contribution in [0.1, 0.15) is 64.0 Å². The van der Waals surface area contributed by atoms with E-state index >= 15 is 0 Å². The summed E-state index contributed by atoms with van der Waals surface area (Å²) in [6, 6.07) is 6.21. The SMILES string of the molecule is CCCc1cnc(N2CCC(COc3nc4ccc(C5=CCN(S(=O)(=O)CCC(C)(C)O)CC5)cc4s3)CC2)nc1. The van der Waals surface area contributed by atoms with Gasteiger partial charge in [-0.05, 0) is 80.7 Å². The second kappa shape index (κ2) is 12.7. The molecule has 2 aliphatic heterocycles. The van der Waals surface area contributed by atoms with E-state index in [0.29, 0.717) is 37.2 Å². The number of aliphatic hydroxyl groups is 1. The van der Waals surface area contributed by atoms with E-state index < -0.39 is 15.6 Å². The fourth-order valence-electron chi connectivity index (χ4n) is 5.26. The average molecular weight is 600 g/mol. The van der Waals surface area contributed by atoms with Crippen LogP contribution in [0.25, 0.3) is 15.8 Å². The molecule has 222 valence electrons. The van der Waals surface area contributed by atoms with E-state index in [-0.39, 0.29) is 12.2 Å². The van der Waals surface area contributed by atoms with Crippen LogP contribution < -0.4 is 9.64 Å². The molecule has 0 atom stereocenters. The quantitative estimate of drug-likeness (QED) is 0.331. The van der Waals surface area contributed by atoms with E-state index in [9.17, 15) is 13.5 Å². The van der Waals surface area contributed by atoms with Gasteiger partial charge in [-0.3, -0.25) is 0 Å². The number of anilines is 1. The van der Waals surface area contributed by atoms with Crippen LogP contribution in [0.4, 0.5) is 5.95 Å². The molecule has 0 radical (unpaired) electrons. The number of sulfonamides is 1. The van der Waals surface area contributed by atoms with Crippen molar-refractivity contribution in [2.45, 2.75) is 64.9 Å². The number of hydrogen-bond donors (Lipinski definition) is 1. The molecule has 41 heavy (non-hydrogen) atoms. The van der Waals surface area contributed by atoms with Gasteiger partial charge in [-0.1, -0.05) is 36.8 Å². The third-order valence-electron chi connectivity index (χ3n) is 7.85. The van der Waals surface area contributed by atoms with Gasteiger partial charge in [0.1, 0.15) is 0 Å². The van der Waals surface area contributed by atoms with Gasteiger partial charge in [-0.2, -0.15) is 4.31 Å². The molecule has 9 nitrogen and oxygen atoms in total. The van der Waals surface area contributed by atoms with Gasteiger partial charge in [0.15, 0.2) is 0 Å². The minimum absolute atomic E-state index is 0.0459. The summed E-state index contributed by atoms with van der Waals surface area (Å²) in [4.78, 5) is 16.1. The number of aromatic nitrogens is 3. The van der Waals surface area contributed by atoms with Crippen molar-refractivity contribution in [2.75, 3.05) is 43.4 Å². The molecule has 1 N–H and O–H groups in total. The Hall–Kier alpha value is -2.60. The lowest BCUT2D eigenvalue weighted by Crippen LogP contribution is -2.38. The molecule has 5 rings (SSSR count). The number of aryl methyl sites for hydroxylation is 1. The molecule has 0 saturated carbocycles. The average Bonchev–Trinajstić information content (AvgIpc) is 3.38. The van der Waals surface area contributed by atoms with Crippen molar-refractivity contribution >= 4 is 43.1 Å². The minimum Gasteiger partial charge on any atom is -0.470 e. The van der Waals surface area contributed by atoms with Crippen LogP contribution in [0.3, 0.4) is 0 Å². The minimum atomic E-state index is -3.39. The fourth-order valence-corrected chi connectivity index (χ4v) is 7.81. The summed E-state index contributed by atoms with van der Waals surface area (Å²) in [6.07, 6.45) is 11.0. The van der Waals surface area contributed by atoms with Crippen molar-refractivity contribution in [2.24, 2.45) is 5.92 Å². The molecule has 1 fully saturated rings. The molecular weight excluding hydrogens is 558 g/mol. The van der Waals surface area contributed by atoms with Crippen LogP contribution in [0, 0.1) is 5.92 Å². The summed E-state index contributed by atoms with van der Waals surface area (Å²) < 4.78 is 34.1. The number of thiazole rings is 1. The number of fused-ring (bicyclic) bond motifs is 1.